The van der Waals surface area contributed by atoms with E-state index in [1.54, 1.807) is 6.07 Å². The molecule has 0 spiro atoms. The number of nitrogen functional groups attached to an aromatic ring is 1. The third-order valence-electron chi connectivity index (χ3n) is 2.65. The first kappa shape index (κ1) is 15.3. The monoisotopic (exact) mass is 369 g/mol. The van der Waals surface area contributed by atoms with Crippen LogP contribution < -0.4 is 10.5 Å². The van der Waals surface area contributed by atoms with Crippen molar-refractivity contribution in [2.24, 2.45) is 0 Å². The smallest absolute Gasteiger partial charge is 0.261 e. The number of anilines is 2. The first-order valence-corrected chi connectivity index (χ1v) is 7.89. The molecule has 0 radical (unpaired) electrons. The van der Waals surface area contributed by atoms with Crippen LogP contribution in [0.3, 0.4) is 0 Å². The van der Waals surface area contributed by atoms with E-state index in [2.05, 4.69) is 20.7 Å². The van der Waals surface area contributed by atoms with Crippen LogP contribution in [0.25, 0.3) is 0 Å². The van der Waals surface area contributed by atoms with E-state index in [4.69, 9.17) is 11.0 Å². The zero-order valence-corrected chi connectivity index (χ0v) is 12.9. The fraction of sp³-hybridized carbons (Fsp3) is 0. The Kier molecular flexibility index (Phi) is 4.16. The summed E-state index contributed by atoms with van der Waals surface area (Å²) in [5.74, 6) is -0.795. The molecule has 0 heterocycles. The minimum absolute atomic E-state index is 0.0586. The Balaban J connectivity index is 2.45. The maximum absolute atomic E-state index is 13.5. The van der Waals surface area contributed by atoms with Crippen molar-refractivity contribution >= 4 is 37.3 Å². The van der Waals surface area contributed by atoms with E-state index >= 15 is 0 Å². The van der Waals surface area contributed by atoms with Gasteiger partial charge in [-0.2, -0.15) is 5.26 Å². The van der Waals surface area contributed by atoms with Crippen molar-refractivity contribution in [1.82, 2.24) is 0 Å². The van der Waals surface area contributed by atoms with E-state index in [9.17, 15) is 12.8 Å². The summed E-state index contributed by atoms with van der Waals surface area (Å²) in [7, 11) is -3.96. The quantitative estimate of drug-likeness (QED) is 0.812. The van der Waals surface area contributed by atoms with E-state index in [0.717, 1.165) is 6.07 Å². The van der Waals surface area contributed by atoms with Gasteiger partial charge in [-0.3, -0.25) is 4.72 Å². The van der Waals surface area contributed by atoms with Crippen LogP contribution in [-0.4, -0.2) is 8.42 Å². The Bertz CT molecular complexity index is 847. The summed E-state index contributed by atoms with van der Waals surface area (Å²) in [6.07, 6.45) is 0. The highest BCUT2D eigenvalue weighted by Gasteiger charge is 2.18. The molecule has 0 aliphatic carbocycles. The highest BCUT2D eigenvalue weighted by Crippen LogP contribution is 2.26. The molecule has 3 N–H and O–H groups in total. The van der Waals surface area contributed by atoms with Crippen molar-refractivity contribution < 1.29 is 12.8 Å². The van der Waals surface area contributed by atoms with Crippen molar-refractivity contribution in [3.63, 3.8) is 0 Å². The van der Waals surface area contributed by atoms with Crippen LogP contribution >= 0.6 is 15.9 Å². The highest BCUT2D eigenvalue weighted by molar-refractivity contribution is 9.10. The van der Waals surface area contributed by atoms with Gasteiger partial charge in [0, 0.05) is 10.2 Å². The fourth-order valence-electron chi connectivity index (χ4n) is 1.60. The molecule has 2 aromatic rings. The summed E-state index contributed by atoms with van der Waals surface area (Å²) in [6, 6.07) is 9.39. The minimum atomic E-state index is -3.96. The van der Waals surface area contributed by atoms with Crippen LogP contribution in [0.5, 0.6) is 0 Å². The van der Waals surface area contributed by atoms with Crippen LogP contribution in [0, 0.1) is 17.1 Å². The average Bonchev–Trinajstić information content (AvgIpc) is 2.41. The lowest BCUT2D eigenvalue weighted by Crippen LogP contribution is -2.14. The van der Waals surface area contributed by atoms with E-state index in [-0.39, 0.29) is 16.1 Å². The lowest BCUT2D eigenvalue weighted by atomic mass is 10.2. The number of hydrogen-bond acceptors (Lipinski definition) is 4. The van der Waals surface area contributed by atoms with Gasteiger partial charge in [0.05, 0.1) is 10.6 Å². The van der Waals surface area contributed by atoms with Gasteiger partial charge in [0.1, 0.15) is 17.4 Å². The van der Waals surface area contributed by atoms with Gasteiger partial charge in [-0.15, -0.1) is 0 Å². The Morgan fingerprint density at radius 3 is 2.62 bits per heavy atom. The summed E-state index contributed by atoms with van der Waals surface area (Å²) in [6.45, 7) is 0. The molecule has 108 valence electrons. The van der Waals surface area contributed by atoms with E-state index < -0.39 is 15.8 Å². The van der Waals surface area contributed by atoms with E-state index in [1.165, 1.54) is 30.3 Å². The predicted octanol–water partition coefficient (Wildman–Crippen LogP) is 2.84. The van der Waals surface area contributed by atoms with Gasteiger partial charge in [0.25, 0.3) is 10.0 Å². The molecule has 0 unspecified atom stereocenters. The van der Waals surface area contributed by atoms with Gasteiger partial charge in [0.15, 0.2) is 0 Å². The zero-order valence-electron chi connectivity index (χ0n) is 10.5. The predicted molar refractivity (Wildman–Crippen MR) is 80.5 cm³/mol. The van der Waals surface area contributed by atoms with E-state index in [0.29, 0.717) is 10.2 Å². The third kappa shape index (κ3) is 3.15. The van der Waals surface area contributed by atoms with Crippen LogP contribution in [0.4, 0.5) is 15.8 Å². The van der Waals surface area contributed by atoms with Crippen molar-refractivity contribution in [2.45, 2.75) is 4.90 Å². The average molecular weight is 370 g/mol. The molecule has 5 nitrogen and oxygen atoms in total. The lowest BCUT2D eigenvalue weighted by molar-refractivity contribution is 0.601. The molecule has 0 fully saturated rings. The van der Waals surface area contributed by atoms with Gasteiger partial charge in [-0.1, -0.05) is 6.07 Å². The molecule has 0 atom stereocenters. The van der Waals surface area contributed by atoms with Crippen molar-refractivity contribution in [3.05, 3.63) is 52.3 Å². The molecule has 0 aliphatic heterocycles. The number of nitrogens with zero attached hydrogens (tertiary/aromatic N) is 1. The molecule has 8 heteroatoms. The fourth-order valence-corrected chi connectivity index (χ4v) is 3.23. The molecular weight excluding hydrogens is 361 g/mol. The molecule has 21 heavy (non-hydrogen) atoms. The van der Waals surface area contributed by atoms with Gasteiger partial charge in [-0.05, 0) is 46.3 Å². The summed E-state index contributed by atoms with van der Waals surface area (Å²) in [5.41, 5.74) is 5.50. The first-order valence-electron chi connectivity index (χ1n) is 5.61. The number of nitrogens with two attached hydrogens (primary N) is 1. The molecule has 0 aliphatic rings. The lowest BCUT2D eigenvalue weighted by Gasteiger charge is -2.10. The maximum Gasteiger partial charge on any atom is 0.261 e. The molecule has 0 aromatic heterocycles. The molecule has 2 aromatic carbocycles. The number of nitriles is 1. The normalized spacial score (nSPS) is 10.9. The highest BCUT2D eigenvalue weighted by atomic mass is 79.9. The van der Waals surface area contributed by atoms with Gasteiger partial charge < -0.3 is 5.73 Å². The number of halogens is 2. The summed E-state index contributed by atoms with van der Waals surface area (Å²) >= 11 is 3.13. The summed E-state index contributed by atoms with van der Waals surface area (Å²) < 4.78 is 40.6. The second-order valence-electron chi connectivity index (χ2n) is 4.06. The van der Waals surface area contributed by atoms with Crippen LogP contribution in [0.1, 0.15) is 5.56 Å². The molecule has 0 bridgehead atoms. The second-order valence-corrected chi connectivity index (χ2v) is 6.60. The van der Waals surface area contributed by atoms with Crippen LogP contribution in [-0.2, 0) is 10.0 Å². The number of sulfonamides is 1. The second kappa shape index (κ2) is 5.71. The van der Waals surface area contributed by atoms with Gasteiger partial charge in [-0.25, -0.2) is 12.8 Å². The molecule has 0 saturated heterocycles. The summed E-state index contributed by atoms with van der Waals surface area (Å²) in [4.78, 5) is -0.0586. The minimum Gasteiger partial charge on any atom is -0.398 e. The van der Waals surface area contributed by atoms with Crippen molar-refractivity contribution in [3.8, 4) is 6.07 Å². The Labute approximate surface area is 129 Å². The Morgan fingerprint density at radius 2 is 2.00 bits per heavy atom. The molecule has 0 amide bonds. The third-order valence-corrected chi connectivity index (χ3v) is 4.70. The first-order chi connectivity index (χ1) is 9.85. The van der Waals surface area contributed by atoms with Gasteiger partial charge >= 0.3 is 0 Å². The molecular formula is C13H9BrFN3O2S. The van der Waals surface area contributed by atoms with Crippen LogP contribution in [0.2, 0.25) is 0 Å². The topological polar surface area (TPSA) is 96.0 Å². The Morgan fingerprint density at radius 1 is 1.29 bits per heavy atom. The molecule has 0 saturated carbocycles. The van der Waals surface area contributed by atoms with Crippen molar-refractivity contribution in [1.29, 1.82) is 5.26 Å². The number of rotatable bonds is 3. The standard InChI is InChI=1S/C13H9BrFN3O2S/c14-10-6-8(4-5-12(10)17)21(19,20)18-13-3-1-2-11(15)9(13)7-16/h1-6,18H,17H2. The maximum atomic E-state index is 13.5. The zero-order chi connectivity index (χ0) is 15.6. The number of hydrogen-bond donors (Lipinski definition) is 2. The van der Waals surface area contributed by atoms with E-state index in [1.807, 2.05) is 0 Å². The Hall–Kier alpha value is -2.11. The SMILES string of the molecule is N#Cc1c(F)cccc1NS(=O)(=O)c1ccc(N)c(Br)c1. The number of nitrogens with one attached hydrogen (secondary N) is 1. The van der Waals surface area contributed by atoms with Crippen molar-refractivity contribution in [2.75, 3.05) is 10.5 Å². The van der Waals surface area contributed by atoms with Gasteiger partial charge in [0.2, 0.25) is 0 Å². The number of benzene rings is 2. The van der Waals surface area contributed by atoms with Crippen LogP contribution in [0.15, 0.2) is 45.8 Å². The largest absolute Gasteiger partial charge is 0.398 e. The summed E-state index contributed by atoms with van der Waals surface area (Å²) in [5, 5.41) is 8.90. The molecule has 2 rings (SSSR count).